The topological polar surface area (TPSA) is 56.6 Å². The van der Waals surface area contributed by atoms with Gasteiger partial charge in [0.1, 0.15) is 22.9 Å². The van der Waals surface area contributed by atoms with Crippen molar-refractivity contribution in [1.82, 2.24) is 14.7 Å². The molecule has 0 fully saturated rings. The average molecular weight is 413 g/mol. The van der Waals surface area contributed by atoms with Crippen molar-refractivity contribution < 1.29 is 18.7 Å². The van der Waals surface area contributed by atoms with Gasteiger partial charge in [0.2, 0.25) is 0 Å². The first-order chi connectivity index (χ1) is 14.2. The predicted octanol–water partition coefficient (Wildman–Crippen LogP) is 5.02. The summed E-state index contributed by atoms with van der Waals surface area (Å²) in [5, 5.41) is 5.37. The first kappa shape index (κ1) is 21.6. The second-order valence-electron chi connectivity index (χ2n) is 8.23. The lowest BCUT2D eigenvalue weighted by molar-refractivity contribution is 0.0292. The van der Waals surface area contributed by atoms with E-state index < -0.39 is 5.60 Å². The van der Waals surface area contributed by atoms with Crippen LogP contribution in [0.15, 0.2) is 42.5 Å². The Labute approximate surface area is 176 Å². The predicted molar refractivity (Wildman–Crippen MR) is 115 cm³/mol. The van der Waals surface area contributed by atoms with E-state index in [-0.39, 0.29) is 11.9 Å². The van der Waals surface area contributed by atoms with Crippen molar-refractivity contribution >= 4 is 17.0 Å². The number of hydrogen-bond acceptors (Lipinski definition) is 4. The van der Waals surface area contributed by atoms with Gasteiger partial charge >= 0.3 is 6.09 Å². The molecule has 160 valence electrons. The van der Waals surface area contributed by atoms with Gasteiger partial charge in [-0.05, 0) is 45.4 Å². The van der Waals surface area contributed by atoms with Crippen molar-refractivity contribution in [1.29, 1.82) is 0 Å². The number of hydrogen-bond donors (Lipinski definition) is 0. The lowest BCUT2D eigenvalue weighted by atomic mass is 10.1. The van der Waals surface area contributed by atoms with Crippen LogP contribution in [0.5, 0.6) is 5.75 Å². The molecule has 30 heavy (non-hydrogen) atoms. The second kappa shape index (κ2) is 8.73. The van der Waals surface area contributed by atoms with Crippen LogP contribution in [-0.2, 0) is 11.8 Å². The summed E-state index contributed by atoms with van der Waals surface area (Å²) in [6.45, 7) is 6.32. The molecule has 7 heteroatoms. The van der Waals surface area contributed by atoms with Crippen molar-refractivity contribution in [3.05, 3.63) is 48.3 Å². The minimum absolute atomic E-state index is 0.360. The van der Waals surface area contributed by atoms with Crippen molar-refractivity contribution in [3.8, 4) is 17.0 Å². The number of halogens is 1. The third-order valence-electron chi connectivity index (χ3n) is 4.57. The molecule has 0 aliphatic carbocycles. The highest BCUT2D eigenvalue weighted by molar-refractivity contribution is 5.93. The summed E-state index contributed by atoms with van der Waals surface area (Å²) < 4.78 is 27.5. The highest BCUT2D eigenvalue weighted by Crippen LogP contribution is 2.31. The van der Waals surface area contributed by atoms with Crippen molar-refractivity contribution in [2.24, 2.45) is 7.05 Å². The number of carbonyl (C=O) groups excluding carboxylic acids is 1. The molecule has 1 amide bonds. The number of aryl methyl sites for hydroxylation is 1. The molecule has 1 heterocycles. The van der Waals surface area contributed by atoms with Gasteiger partial charge in [-0.1, -0.05) is 18.2 Å². The van der Waals surface area contributed by atoms with Gasteiger partial charge in [0.25, 0.3) is 0 Å². The van der Waals surface area contributed by atoms with Crippen LogP contribution in [0.3, 0.4) is 0 Å². The Hall–Kier alpha value is -3.09. The van der Waals surface area contributed by atoms with E-state index in [1.807, 2.05) is 52.1 Å². The molecule has 2 aromatic carbocycles. The van der Waals surface area contributed by atoms with Crippen LogP contribution in [0.2, 0.25) is 0 Å². The summed E-state index contributed by atoms with van der Waals surface area (Å²) >= 11 is 0. The largest absolute Gasteiger partial charge is 0.493 e. The molecule has 1 aromatic heterocycles. The summed E-state index contributed by atoms with van der Waals surface area (Å²) in [6, 6.07) is 12.5. The molecule has 0 aliphatic rings. The van der Waals surface area contributed by atoms with E-state index in [1.165, 1.54) is 11.0 Å². The molecule has 0 radical (unpaired) electrons. The smallest absolute Gasteiger partial charge is 0.410 e. The molecule has 0 saturated carbocycles. The monoisotopic (exact) mass is 413 g/mol. The normalized spacial score (nSPS) is 11.5. The SMILES string of the molecule is CN(CCCOc1ccc(-c2nn(C)c3ccccc23)c(F)c1)C(=O)OC(C)(C)C. The van der Waals surface area contributed by atoms with Crippen LogP contribution < -0.4 is 4.74 Å². The number of amides is 1. The molecule has 6 nitrogen and oxygen atoms in total. The maximum Gasteiger partial charge on any atom is 0.410 e. The Morgan fingerprint density at radius 1 is 1.20 bits per heavy atom. The summed E-state index contributed by atoms with van der Waals surface area (Å²) in [5.41, 5.74) is 1.46. The number of aromatic nitrogens is 2. The van der Waals surface area contributed by atoms with Gasteiger partial charge in [-0.3, -0.25) is 4.68 Å². The van der Waals surface area contributed by atoms with Crippen molar-refractivity contribution in [2.75, 3.05) is 20.2 Å². The zero-order chi connectivity index (χ0) is 21.9. The van der Waals surface area contributed by atoms with Gasteiger partial charge in [-0.15, -0.1) is 0 Å². The molecule has 3 rings (SSSR count). The summed E-state index contributed by atoms with van der Waals surface area (Å²) in [5.74, 6) is 0.0543. The van der Waals surface area contributed by atoms with Gasteiger partial charge in [-0.2, -0.15) is 5.10 Å². The van der Waals surface area contributed by atoms with E-state index in [4.69, 9.17) is 9.47 Å². The first-order valence-corrected chi connectivity index (χ1v) is 9.94. The van der Waals surface area contributed by atoms with Gasteiger partial charge in [-0.25, -0.2) is 9.18 Å². The van der Waals surface area contributed by atoms with Crippen LogP contribution in [0.4, 0.5) is 9.18 Å². The highest BCUT2D eigenvalue weighted by Gasteiger charge is 2.19. The van der Waals surface area contributed by atoms with E-state index in [2.05, 4.69) is 5.10 Å². The number of para-hydroxylation sites is 1. The third-order valence-corrected chi connectivity index (χ3v) is 4.57. The van der Waals surface area contributed by atoms with Crippen molar-refractivity contribution in [2.45, 2.75) is 32.8 Å². The van der Waals surface area contributed by atoms with Crippen molar-refractivity contribution in [3.63, 3.8) is 0 Å². The molecule has 0 bridgehead atoms. The molecular weight excluding hydrogens is 385 g/mol. The number of ether oxygens (including phenoxy) is 2. The quantitative estimate of drug-likeness (QED) is 0.533. The summed E-state index contributed by atoms with van der Waals surface area (Å²) in [4.78, 5) is 13.4. The Bertz CT molecular complexity index is 1040. The Morgan fingerprint density at radius 2 is 1.93 bits per heavy atom. The zero-order valence-electron chi connectivity index (χ0n) is 18.1. The lowest BCUT2D eigenvalue weighted by Crippen LogP contribution is -2.35. The number of carbonyl (C=O) groups is 1. The Kier molecular flexibility index (Phi) is 6.29. The van der Waals surface area contributed by atoms with E-state index >= 15 is 0 Å². The summed E-state index contributed by atoms with van der Waals surface area (Å²) in [7, 11) is 3.52. The van der Waals surface area contributed by atoms with Crippen LogP contribution in [0, 0.1) is 5.82 Å². The van der Waals surface area contributed by atoms with Crippen LogP contribution in [0.1, 0.15) is 27.2 Å². The van der Waals surface area contributed by atoms with E-state index in [0.717, 1.165) is 10.9 Å². The molecule has 0 N–H and O–H groups in total. The zero-order valence-corrected chi connectivity index (χ0v) is 18.1. The molecular formula is C23H28FN3O3. The van der Waals surface area contributed by atoms with Crippen LogP contribution in [0.25, 0.3) is 22.2 Å². The number of fused-ring (bicyclic) bond motifs is 1. The maximum atomic E-state index is 14.8. The highest BCUT2D eigenvalue weighted by atomic mass is 19.1. The van der Waals surface area contributed by atoms with Gasteiger partial charge in [0, 0.05) is 37.7 Å². The van der Waals surface area contributed by atoms with Crippen LogP contribution in [-0.4, -0.2) is 46.6 Å². The number of nitrogens with zero attached hydrogens (tertiary/aromatic N) is 3. The van der Waals surface area contributed by atoms with Gasteiger partial charge in [0.15, 0.2) is 0 Å². The average Bonchev–Trinajstić information content (AvgIpc) is 3.00. The fourth-order valence-corrected chi connectivity index (χ4v) is 3.11. The first-order valence-electron chi connectivity index (χ1n) is 9.94. The van der Waals surface area contributed by atoms with E-state index in [1.54, 1.807) is 23.9 Å². The number of rotatable bonds is 6. The molecule has 0 saturated heterocycles. The molecule has 0 spiro atoms. The Morgan fingerprint density at radius 3 is 2.63 bits per heavy atom. The number of benzene rings is 2. The minimum atomic E-state index is -0.528. The molecule has 3 aromatic rings. The molecule has 0 unspecified atom stereocenters. The summed E-state index contributed by atoms with van der Waals surface area (Å²) in [6.07, 6.45) is 0.227. The Balaban J connectivity index is 1.59. The fraction of sp³-hybridized carbons (Fsp3) is 0.391. The minimum Gasteiger partial charge on any atom is -0.493 e. The van der Waals surface area contributed by atoms with Crippen LogP contribution >= 0.6 is 0 Å². The van der Waals surface area contributed by atoms with E-state index in [0.29, 0.717) is 36.6 Å². The molecule has 0 aliphatic heterocycles. The second-order valence-corrected chi connectivity index (χ2v) is 8.23. The standard InChI is InChI=1S/C23H28FN3O3/c1-23(2,3)30-22(28)26(4)13-8-14-29-16-11-12-17(19(24)15-16)21-18-9-6-7-10-20(18)27(5)25-21/h6-7,9-12,15H,8,13-14H2,1-5H3. The van der Waals surface area contributed by atoms with E-state index in [9.17, 15) is 9.18 Å². The fourth-order valence-electron chi connectivity index (χ4n) is 3.11. The maximum absolute atomic E-state index is 14.8. The molecule has 0 atom stereocenters. The van der Waals surface area contributed by atoms with Gasteiger partial charge in [0.05, 0.1) is 12.1 Å². The third kappa shape index (κ3) is 5.09. The van der Waals surface area contributed by atoms with Gasteiger partial charge < -0.3 is 14.4 Å². The lowest BCUT2D eigenvalue weighted by Gasteiger charge is -2.24.